The highest BCUT2D eigenvalue weighted by Gasteiger charge is 2.28. The molecule has 5 rings (SSSR count). The van der Waals surface area contributed by atoms with E-state index in [0.29, 0.717) is 23.5 Å². The van der Waals surface area contributed by atoms with Crippen LogP contribution in [0.2, 0.25) is 0 Å². The molecule has 162 valence electrons. The van der Waals surface area contributed by atoms with Gasteiger partial charge in [0.05, 0.1) is 0 Å². The van der Waals surface area contributed by atoms with E-state index in [0.717, 1.165) is 34.6 Å². The Bertz CT molecular complexity index is 1090. The van der Waals surface area contributed by atoms with E-state index >= 15 is 0 Å². The van der Waals surface area contributed by atoms with Gasteiger partial charge in [0.2, 0.25) is 5.82 Å². The Morgan fingerprint density at radius 1 is 1.19 bits per heavy atom. The molecule has 7 nitrogen and oxygen atoms in total. The van der Waals surface area contributed by atoms with E-state index in [-0.39, 0.29) is 5.82 Å². The summed E-state index contributed by atoms with van der Waals surface area (Å²) in [6.07, 6.45) is 10.6. The minimum Gasteiger partial charge on any atom is -0.365 e. The Balaban J connectivity index is 1.60. The molecule has 8 heteroatoms. The van der Waals surface area contributed by atoms with Crippen LogP contribution in [0.4, 0.5) is 5.82 Å². The van der Waals surface area contributed by atoms with Gasteiger partial charge in [0, 0.05) is 24.2 Å². The molecule has 0 saturated heterocycles. The van der Waals surface area contributed by atoms with Crippen LogP contribution in [-0.2, 0) is 6.54 Å². The van der Waals surface area contributed by atoms with Crippen LogP contribution in [0.5, 0.6) is 0 Å². The van der Waals surface area contributed by atoms with Crippen LogP contribution < -0.4 is 5.32 Å². The molecule has 0 aromatic carbocycles. The first-order valence-electron chi connectivity index (χ1n) is 11.5. The van der Waals surface area contributed by atoms with Gasteiger partial charge in [-0.1, -0.05) is 26.2 Å². The molecule has 3 heterocycles. The van der Waals surface area contributed by atoms with Gasteiger partial charge in [-0.2, -0.15) is 15.2 Å². The van der Waals surface area contributed by atoms with E-state index < -0.39 is 0 Å². The van der Waals surface area contributed by atoms with Crippen molar-refractivity contribution >= 4 is 28.3 Å². The van der Waals surface area contributed by atoms with Gasteiger partial charge in [-0.15, -0.1) is 11.3 Å². The Hall–Kier alpha value is -2.53. The second kappa shape index (κ2) is 8.54. The Morgan fingerprint density at radius 3 is 2.65 bits per heavy atom. The normalized spacial score (nSPS) is 22.7. The summed E-state index contributed by atoms with van der Waals surface area (Å²) in [7, 11) is 0. The molecule has 2 aliphatic rings. The van der Waals surface area contributed by atoms with Crippen molar-refractivity contribution in [2.24, 2.45) is 17.8 Å². The van der Waals surface area contributed by atoms with Crippen LogP contribution in [0.3, 0.4) is 0 Å². The zero-order valence-electron chi connectivity index (χ0n) is 18.2. The van der Waals surface area contributed by atoms with Gasteiger partial charge >= 0.3 is 0 Å². The maximum Gasteiger partial charge on any atom is 0.236 e. The van der Waals surface area contributed by atoms with Gasteiger partial charge in [-0.3, -0.25) is 0 Å². The summed E-state index contributed by atoms with van der Waals surface area (Å²) in [5.41, 5.74) is 1.50. The van der Waals surface area contributed by atoms with E-state index in [9.17, 15) is 5.26 Å². The molecule has 2 saturated carbocycles. The van der Waals surface area contributed by atoms with Crippen LogP contribution in [0.15, 0.2) is 11.6 Å². The maximum atomic E-state index is 9.52. The summed E-state index contributed by atoms with van der Waals surface area (Å²) in [5.74, 6) is 3.83. The minimum atomic E-state index is 0.164. The highest BCUT2D eigenvalue weighted by molar-refractivity contribution is 7.13. The number of imidazole rings is 1. The second-order valence-corrected chi connectivity index (χ2v) is 10.2. The van der Waals surface area contributed by atoms with Crippen LogP contribution in [0, 0.1) is 29.1 Å². The Kier molecular flexibility index (Phi) is 5.61. The van der Waals surface area contributed by atoms with E-state index in [1.54, 1.807) is 11.3 Å². The third-order valence-electron chi connectivity index (χ3n) is 7.12. The maximum absolute atomic E-state index is 9.52. The molecule has 3 aromatic heterocycles. The number of nitrogens with one attached hydrogen (secondary N) is 1. The van der Waals surface area contributed by atoms with Crippen molar-refractivity contribution < 1.29 is 0 Å². The third kappa shape index (κ3) is 4.03. The minimum absolute atomic E-state index is 0.164. The number of nitrogens with zero attached hydrogens (tertiary/aromatic N) is 6. The zero-order valence-corrected chi connectivity index (χ0v) is 19.0. The summed E-state index contributed by atoms with van der Waals surface area (Å²) < 4.78 is 2.27. The lowest BCUT2D eigenvalue weighted by atomic mass is 9.80. The Morgan fingerprint density at radius 2 is 2.00 bits per heavy atom. The third-order valence-corrected chi connectivity index (χ3v) is 7.89. The first-order chi connectivity index (χ1) is 15.1. The fourth-order valence-corrected chi connectivity index (χ4v) is 5.54. The number of anilines is 1. The largest absolute Gasteiger partial charge is 0.365 e. The zero-order chi connectivity index (χ0) is 21.4. The summed E-state index contributed by atoms with van der Waals surface area (Å²) >= 11 is 1.59. The lowest BCUT2D eigenvalue weighted by Crippen LogP contribution is -2.31. The van der Waals surface area contributed by atoms with Crippen molar-refractivity contribution in [2.75, 3.05) is 5.32 Å². The quantitative estimate of drug-likeness (QED) is 0.568. The monoisotopic (exact) mass is 435 g/mol. The molecule has 3 aromatic rings. The molecular weight excluding hydrogens is 406 g/mol. The predicted octanol–water partition coefficient (Wildman–Crippen LogP) is 5.25. The molecule has 1 N–H and O–H groups in total. The van der Waals surface area contributed by atoms with E-state index in [1.165, 1.54) is 44.9 Å². The second-order valence-electron chi connectivity index (χ2n) is 9.31. The van der Waals surface area contributed by atoms with Crippen molar-refractivity contribution in [3.63, 3.8) is 0 Å². The number of nitriles is 1. The topological polar surface area (TPSA) is 92.3 Å². The van der Waals surface area contributed by atoms with Gasteiger partial charge < -0.3 is 9.88 Å². The first kappa shape index (κ1) is 20.4. The predicted molar refractivity (Wildman–Crippen MR) is 123 cm³/mol. The van der Waals surface area contributed by atoms with Crippen molar-refractivity contribution in [1.82, 2.24) is 24.5 Å². The lowest BCUT2D eigenvalue weighted by molar-refractivity contribution is 0.267. The van der Waals surface area contributed by atoms with Crippen LogP contribution in [0.1, 0.15) is 64.6 Å². The van der Waals surface area contributed by atoms with Crippen molar-refractivity contribution in [2.45, 2.75) is 71.4 Å². The first-order valence-corrected chi connectivity index (χ1v) is 12.3. The van der Waals surface area contributed by atoms with Crippen molar-refractivity contribution in [1.29, 1.82) is 5.26 Å². The van der Waals surface area contributed by atoms with Crippen molar-refractivity contribution in [3.8, 4) is 16.9 Å². The molecule has 0 amide bonds. The summed E-state index contributed by atoms with van der Waals surface area (Å²) in [6.45, 7) is 5.46. The fraction of sp³-hybridized carbons (Fsp3) is 0.609. The molecule has 2 fully saturated rings. The molecule has 1 atom stereocenters. The molecule has 31 heavy (non-hydrogen) atoms. The van der Waals surface area contributed by atoms with Crippen LogP contribution >= 0.6 is 11.3 Å². The Labute approximate surface area is 187 Å². The molecule has 0 bridgehead atoms. The molecule has 0 spiro atoms. The molecule has 2 aliphatic carbocycles. The number of hydrogen-bond acceptors (Lipinski definition) is 7. The van der Waals surface area contributed by atoms with E-state index in [2.05, 4.69) is 44.8 Å². The van der Waals surface area contributed by atoms with Crippen LogP contribution in [0.25, 0.3) is 22.0 Å². The molecule has 0 radical (unpaired) electrons. The fourth-order valence-electron chi connectivity index (χ4n) is 4.90. The van der Waals surface area contributed by atoms with Gasteiger partial charge in [0.1, 0.15) is 11.6 Å². The van der Waals surface area contributed by atoms with E-state index in [4.69, 9.17) is 4.98 Å². The highest BCUT2D eigenvalue weighted by atomic mass is 32.1. The lowest BCUT2D eigenvalue weighted by Gasteiger charge is -2.32. The number of fused-ring (bicyclic) bond motifs is 1. The number of aromatic nitrogens is 5. The number of hydrogen-bond donors (Lipinski definition) is 1. The average Bonchev–Trinajstić information content (AvgIpc) is 3.36. The van der Waals surface area contributed by atoms with E-state index in [1.807, 2.05) is 11.6 Å². The number of rotatable bonds is 6. The van der Waals surface area contributed by atoms with Gasteiger partial charge in [-0.25, -0.2) is 9.97 Å². The van der Waals surface area contributed by atoms with Gasteiger partial charge in [0.25, 0.3) is 0 Å². The highest BCUT2D eigenvalue weighted by Crippen LogP contribution is 2.36. The summed E-state index contributed by atoms with van der Waals surface area (Å²) in [5, 5.41) is 16.0. The van der Waals surface area contributed by atoms with Crippen molar-refractivity contribution in [3.05, 3.63) is 17.4 Å². The summed E-state index contributed by atoms with van der Waals surface area (Å²) in [4.78, 5) is 18.5. The smallest absolute Gasteiger partial charge is 0.236 e. The summed E-state index contributed by atoms with van der Waals surface area (Å²) in [6, 6.07) is 2.42. The number of thiazole rings is 1. The van der Waals surface area contributed by atoms with Gasteiger partial charge in [0.15, 0.2) is 22.3 Å². The molecule has 0 unspecified atom stereocenters. The van der Waals surface area contributed by atoms with Gasteiger partial charge in [-0.05, 0) is 50.4 Å². The average molecular weight is 436 g/mol. The molecular formula is C23H29N7S. The standard InChI is InChI=1S/C23H29N7S/c1-14-6-8-16(9-7-14)13-30-19-20(26-15(2)17-4-3-5-17)27-18(12-24)28-21(19)29-22(30)23-25-10-11-31-23/h10-11,14-17H,3-9,13H2,1-2H3,(H,26,27,28)/t14-,15-,16-/m1/s1. The van der Waals surface area contributed by atoms with Crippen LogP contribution in [-0.4, -0.2) is 30.5 Å². The SMILES string of the molecule is C[C@@H](Nc1nc(C#N)nc2nc(-c3nccs3)n(C[C@H]3CC[C@H](C)CC3)c12)C1CCC1. The molecule has 0 aliphatic heterocycles.